The van der Waals surface area contributed by atoms with Crippen LogP contribution in [0.1, 0.15) is 24.2 Å². The molecule has 1 rings (SSSR count). The van der Waals surface area contributed by atoms with Gasteiger partial charge in [0.15, 0.2) is 0 Å². The van der Waals surface area contributed by atoms with E-state index in [2.05, 4.69) is 15.9 Å². The van der Waals surface area contributed by atoms with Crippen LogP contribution in [0.15, 0.2) is 22.7 Å². The van der Waals surface area contributed by atoms with Crippen molar-refractivity contribution in [2.24, 2.45) is 0 Å². The zero-order chi connectivity index (χ0) is 15.3. The molecule has 0 aliphatic rings. The molecule has 4 nitrogen and oxygen atoms in total. The second kappa shape index (κ2) is 7.64. The van der Waals surface area contributed by atoms with Crippen molar-refractivity contribution in [3.05, 3.63) is 33.3 Å². The SMILES string of the molecule is CCN(CC)C(=O)CN(C)C(=O)c1cc(Br)ccc1Cl. The molecule has 110 valence electrons. The maximum atomic E-state index is 12.3. The van der Waals surface area contributed by atoms with Gasteiger partial charge in [0.1, 0.15) is 0 Å². The summed E-state index contributed by atoms with van der Waals surface area (Å²) in [6.07, 6.45) is 0. The van der Waals surface area contributed by atoms with E-state index in [0.717, 1.165) is 4.47 Å². The number of amides is 2. The summed E-state index contributed by atoms with van der Waals surface area (Å²) in [7, 11) is 1.60. The third-order valence-electron chi connectivity index (χ3n) is 2.99. The highest BCUT2D eigenvalue weighted by molar-refractivity contribution is 9.10. The van der Waals surface area contributed by atoms with Crippen LogP contribution in [-0.2, 0) is 4.79 Å². The molecule has 0 aliphatic heterocycles. The molecule has 0 unspecified atom stereocenters. The molecule has 0 N–H and O–H groups in total. The largest absolute Gasteiger partial charge is 0.342 e. The lowest BCUT2D eigenvalue weighted by Crippen LogP contribution is -2.41. The van der Waals surface area contributed by atoms with Crippen molar-refractivity contribution in [2.75, 3.05) is 26.7 Å². The highest BCUT2D eigenvalue weighted by Crippen LogP contribution is 2.22. The minimum absolute atomic E-state index is 0.0450. The molecule has 0 saturated heterocycles. The van der Waals surface area contributed by atoms with E-state index < -0.39 is 0 Å². The fraction of sp³-hybridized carbons (Fsp3) is 0.429. The second-order valence-electron chi connectivity index (χ2n) is 4.35. The van der Waals surface area contributed by atoms with Crippen LogP contribution < -0.4 is 0 Å². The lowest BCUT2D eigenvalue weighted by atomic mass is 10.2. The van der Waals surface area contributed by atoms with E-state index in [-0.39, 0.29) is 18.4 Å². The van der Waals surface area contributed by atoms with Gasteiger partial charge in [0, 0.05) is 24.6 Å². The molecule has 0 spiro atoms. The number of likely N-dealkylation sites (N-methyl/N-ethyl adjacent to an activating group) is 2. The van der Waals surface area contributed by atoms with Crippen molar-refractivity contribution in [2.45, 2.75) is 13.8 Å². The summed E-state index contributed by atoms with van der Waals surface area (Å²) in [6, 6.07) is 5.07. The number of rotatable bonds is 5. The Morgan fingerprint density at radius 3 is 2.40 bits per heavy atom. The van der Waals surface area contributed by atoms with Crippen molar-refractivity contribution in [1.82, 2.24) is 9.80 Å². The summed E-state index contributed by atoms with van der Waals surface area (Å²) in [4.78, 5) is 27.4. The Labute approximate surface area is 132 Å². The van der Waals surface area contributed by atoms with Crippen molar-refractivity contribution >= 4 is 39.3 Å². The van der Waals surface area contributed by atoms with Gasteiger partial charge < -0.3 is 9.80 Å². The summed E-state index contributed by atoms with van der Waals surface area (Å²) in [6.45, 7) is 5.14. The van der Waals surface area contributed by atoms with Crippen LogP contribution in [0.25, 0.3) is 0 Å². The van der Waals surface area contributed by atoms with Crippen molar-refractivity contribution in [1.29, 1.82) is 0 Å². The molecule has 0 bridgehead atoms. The summed E-state index contributed by atoms with van der Waals surface area (Å²) in [5.74, 6) is -0.339. The molecule has 1 aromatic rings. The molecule has 6 heteroatoms. The summed E-state index contributed by atoms with van der Waals surface area (Å²) in [5.41, 5.74) is 0.385. The number of carbonyl (C=O) groups excluding carboxylic acids is 2. The summed E-state index contributed by atoms with van der Waals surface area (Å²) in [5, 5.41) is 0.375. The molecule has 0 atom stereocenters. The van der Waals surface area contributed by atoms with Gasteiger partial charge in [0.2, 0.25) is 5.91 Å². The molecule has 0 aliphatic carbocycles. The first kappa shape index (κ1) is 17.0. The number of benzene rings is 1. The van der Waals surface area contributed by atoms with Gasteiger partial charge in [-0.1, -0.05) is 27.5 Å². The number of nitrogens with zero attached hydrogens (tertiary/aromatic N) is 2. The fourth-order valence-electron chi connectivity index (χ4n) is 1.82. The van der Waals surface area contributed by atoms with Crippen molar-refractivity contribution < 1.29 is 9.59 Å². The average molecular weight is 362 g/mol. The van der Waals surface area contributed by atoms with E-state index >= 15 is 0 Å². The Morgan fingerprint density at radius 1 is 1.25 bits per heavy atom. The quantitative estimate of drug-likeness (QED) is 0.809. The minimum atomic E-state index is -0.267. The van der Waals surface area contributed by atoms with E-state index in [1.807, 2.05) is 13.8 Å². The first-order valence-electron chi connectivity index (χ1n) is 6.39. The number of carbonyl (C=O) groups is 2. The molecular formula is C14H18BrClN2O2. The maximum Gasteiger partial charge on any atom is 0.255 e. The molecular weight excluding hydrogens is 344 g/mol. The Balaban J connectivity index is 2.82. The van der Waals surface area contributed by atoms with Gasteiger partial charge in [-0.05, 0) is 32.0 Å². The van der Waals surface area contributed by atoms with Crippen LogP contribution in [0.3, 0.4) is 0 Å². The Bertz CT molecular complexity index is 504. The zero-order valence-corrected chi connectivity index (χ0v) is 14.2. The van der Waals surface area contributed by atoms with Gasteiger partial charge >= 0.3 is 0 Å². The van der Waals surface area contributed by atoms with Gasteiger partial charge in [-0.3, -0.25) is 9.59 Å². The van der Waals surface area contributed by atoms with Crippen LogP contribution in [0.2, 0.25) is 5.02 Å². The van der Waals surface area contributed by atoms with Crippen LogP contribution in [-0.4, -0.2) is 48.3 Å². The fourth-order valence-corrected chi connectivity index (χ4v) is 2.38. The molecule has 0 fully saturated rings. The van der Waals surface area contributed by atoms with E-state index in [4.69, 9.17) is 11.6 Å². The van der Waals surface area contributed by atoms with Crippen LogP contribution in [0.5, 0.6) is 0 Å². The predicted molar refractivity (Wildman–Crippen MR) is 84.0 cm³/mol. The number of hydrogen-bond donors (Lipinski definition) is 0. The van der Waals surface area contributed by atoms with E-state index in [1.165, 1.54) is 4.90 Å². The van der Waals surface area contributed by atoms with Crippen molar-refractivity contribution in [3.63, 3.8) is 0 Å². The third kappa shape index (κ3) is 4.21. The van der Waals surface area contributed by atoms with E-state index in [9.17, 15) is 9.59 Å². The second-order valence-corrected chi connectivity index (χ2v) is 5.67. The Kier molecular flexibility index (Phi) is 6.49. The molecule has 1 aromatic carbocycles. The first-order chi connectivity index (χ1) is 9.40. The van der Waals surface area contributed by atoms with Gasteiger partial charge in [-0.15, -0.1) is 0 Å². The van der Waals surface area contributed by atoms with E-state index in [1.54, 1.807) is 30.1 Å². The minimum Gasteiger partial charge on any atom is -0.342 e. The number of hydrogen-bond acceptors (Lipinski definition) is 2. The van der Waals surface area contributed by atoms with Gasteiger partial charge in [-0.25, -0.2) is 0 Å². The average Bonchev–Trinajstić information content (AvgIpc) is 2.42. The molecule has 20 heavy (non-hydrogen) atoms. The molecule has 0 saturated carbocycles. The Hall–Kier alpha value is -1.07. The Morgan fingerprint density at radius 2 is 1.85 bits per heavy atom. The van der Waals surface area contributed by atoms with Crippen molar-refractivity contribution in [3.8, 4) is 0 Å². The topological polar surface area (TPSA) is 40.6 Å². The van der Waals surface area contributed by atoms with Gasteiger partial charge in [0.25, 0.3) is 5.91 Å². The monoisotopic (exact) mass is 360 g/mol. The molecule has 0 aromatic heterocycles. The summed E-state index contributed by atoms with van der Waals surface area (Å²) < 4.78 is 0.772. The smallest absolute Gasteiger partial charge is 0.255 e. The first-order valence-corrected chi connectivity index (χ1v) is 7.56. The van der Waals surface area contributed by atoms with Crippen LogP contribution in [0.4, 0.5) is 0 Å². The highest BCUT2D eigenvalue weighted by Gasteiger charge is 2.19. The van der Waals surface area contributed by atoms with Gasteiger partial charge in [-0.2, -0.15) is 0 Å². The highest BCUT2D eigenvalue weighted by atomic mass is 79.9. The van der Waals surface area contributed by atoms with Crippen LogP contribution >= 0.6 is 27.5 Å². The number of halogens is 2. The summed E-state index contributed by atoms with van der Waals surface area (Å²) >= 11 is 9.33. The predicted octanol–water partition coefficient (Wildman–Crippen LogP) is 3.04. The lowest BCUT2D eigenvalue weighted by Gasteiger charge is -2.23. The third-order valence-corrected chi connectivity index (χ3v) is 3.82. The standard InChI is InChI=1S/C14H18BrClN2O2/c1-4-18(5-2)13(19)9-17(3)14(20)11-8-10(15)6-7-12(11)16/h6-8H,4-5,9H2,1-3H3. The van der Waals surface area contributed by atoms with Gasteiger partial charge in [0.05, 0.1) is 17.1 Å². The van der Waals surface area contributed by atoms with Crippen LogP contribution in [0, 0.1) is 0 Å². The molecule has 0 radical (unpaired) electrons. The zero-order valence-electron chi connectivity index (χ0n) is 11.8. The molecule has 0 heterocycles. The normalized spacial score (nSPS) is 10.2. The molecule has 2 amide bonds. The maximum absolute atomic E-state index is 12.3. The van der Waals surface area contributed by atoms with E-state index in [0.29, 0.717) is 23.7 Å². The lowest BCUT2D eigenvalue weighted by molar-refractivity contribution is -0.131.